The zero-order valence-electron chi connectivity index (χ0n) is 16.0. The minimum atomic E-state index is -0.000949. The average molecular weight is 370 g/mol. The number of aryl methyl sites for hydroxylation is 3. The number of hydrogen-bond donors (Lipinski definition) is 1. The van der Waals surface area contributed by atoms with Gasteiger partial charge in [-0.15, -0.1) is 0 Å². The number of amides is 1. The van der Waals surface area contributed by atoms with E-state index in [4.69, 9.17) is 0 Å². The molecule has 0 aliphatic carbocycles. The van der Waals surface area contributed by atoms with Gasteiger partial charge < -0.3 is 5.32 Å². The molecule has 4 rings (SSSR count). The van der Waals surface area contributed by atoms with E-state index in [1.54, 1.807) is 6.20 Å². The summed E-state index contributed by atoms with van der Waals surface area (Å²) in [6, 6.07) is 19.9. The summed E-state index contributed by atoms with van der Waals surface area (Å²) in [5.41, 5.74) is 5.94. The Hall–Kier alpha value is -3.47. The summed E-state index contributed by atoms with van der Waals surface area (Å²) >= 11 is 0. The number of hydrogen-bond acceptors (Lipinski definition) is 3. The Kier molecular flexibility index (Phi) is 4.89. The van der Waals surface area contributed by atoms with Crippen LogP contribution in [0, 0.1) is 13.8 Å². The summed E-state index contributed by atoms with van der Waals surface area (Å²) in [5.74, 6) is -0.000949. The van der Waals surface area contributed by atoms with Gasteiger partial charge in [0.05, 0.1) is 22.6 Å². The number of benzene rings is 2. The van der Waals surface area contributed by atoms with Crippen LogP contribution >= 0.6 is 0 Å². The van der Waals surface area contributed by atoms with Crippen LogP contribution in [0.4, 0.5) is 5.69 Å². The van der Waals surface area contributed by atoms with Gasteiger partial charge in [-0.3, -0.25) is 9.78 Å². The lowest BCUT2D eigenvalue weighted by molar-refractivity contribution is -0.116. The molecule has 2 heterocycles. The zero-order chi connectivity index (χ0) is 19.5. The number of rotatable bonds is 5. The SMILES string of the molecule is Cc1cc(C)n(-c2ccc(CCC(=O)Nc3cccc4ncccc34)cc2)n1. The highest BCUT2D eigenvalue weighted by molar-refractivity contribution is 6.00. The second kappa shape index (κ2) is 7.64. The molecule has 28 heavy (non-hydrogen) atoms. The van der Waals surface area contributed by atoms with E-state index < -0.39 is 0 Å². The minimum Gasteiger partial charge on any atom is -0.325 e. The first-order valence-electron chi connectivity index (χ1n) is 9.36. The van der Waals surface area contributed by atoms with Gasteiger partial charge >= 0.3 is 0 Å². The van der Waals surface area contributed by atoms with Crippen LogP contribution in [0.15, 0.2) is 66.9 Å². The van der Waals surface area contributed by atoms with E-state index in [1.165, 1.54) is 0 Å². The lowest BCUT2D eigenvalue weighted by Crippen LogP contribution is -2.12. The van der Waals surface area contributed by atoms with E-state index >= 15 is 0 Å². The second-order valence-corrected chi connectivity index (χ2v) is 6.93. The molecule has 0 unspecified atom stereocenters. The molecular weight excluding hydrogens is 348 g/mol. The van der Waals surface area contributed by atoms with Gasteiger partial charge in [-0.25, -0.2) is 4.68 Å². The van der Waals surface area contributed by atoms with Crippen LogP contribution in [-0.4, -0.2) is 20.7 Å². The summed E-state index contributed by atoms with van der Waals surface area (Å²) in [6.45, 7) is 4.03. The second-order valence-electron chi connectivity index (χ2n) is 6.93. The normalized spacial score (nSPS) is 10.9. The molecule has 0 aliphatic heterocycles. The Morgan fingerprint density at radius 3 is 2.61 bits per heavy atom. The van der Waals surface area contributed by atoms with Crippen LogP contribution in [0.5, 0.6) is 0 Å². The van der Waals surface area contributed by atoms with Gasteiger partial charge in [0.15, 0.2) is 0 Å². The van der Waals surface area contributed by atoms with E-state index in [1.807, 2.05) is 61.0 Å². The minimum absolute atomic E-state index is 0.000949. The number of anilines is 1. The first-order valence-corrected chi connectivity index (χ1v) is 9.36. The average Bonchev–Trinajstić information content (AvgIpc) is 3.05. The molecule has 5 heteroatoms. The molecule has 0 spiro atoms. The molecule has 0 saturated heterocycles. The number of carbonyl (C=O) groups excluding carboxylic acids is 1. The molecule has 4 aromatic rings. The summed E-state index contributed by atoms with van der Waals surface area (Å²) < 4.78 is 1.93. The van der Waals surface area contributed by atoms with Crippen LogP contribution < -0.4 is 5.32 Å². The van der Waals surface area contributed by atoms with Crippen molar-refractivity contribution in [3.63, 3.8) is 0 Å². The van der Waals surface area contributed by atoms with Crippen molar-refractivity contribution in [1.29, 1.82) is 0 Å². The fourth-order valence-corrected chi connectivity index (χ4v) is 3.38. The van der Waals surface area contributed by atoms with Gasteiger partial charge in [-0.05, 0) is 68.3 Å². The van der Waals surface area contributed by atoms with E-state index in [9.17, 15) is 4.79 Å². The number of carbonyl (C=O) groups is 1. The van der Waals surface area contributed by atoms with Gasteiger partial charge in [0.2, 0.25) is 5.91 Å². The largest absolute Gasteiger partial charge is 0.325 e. The lowest BCUT2D eigenvalue weighted by Gasteiger charge is -2.09. The molecule has 0 fully saturated rings. The van der Waals surface area contributed by atoms with E-state index in [0.29, 0.717) is 12.8 Å². The number of nitrogens with one attached hydrogen (secondary N) is 1. The molecule has 5 nitrogen and oxygen atoms in total. The molecule has 140 valence electrons. The van der Waals surface area contributed by atoms with Crippen molar-refractivity contribution in [2.24, 2.45) is 0 Å². The maximum atomic E-state index is 12.4. The number of nitrogens with zero attached hydrogens (tertiary/aromatic N) is 3. The van der Waals surface area contributed by atoms with Gasteiger partial charge in [0, 0.05) is 23.7 Å². The van der Waals surface area contributed by atoms with Crippen molar-refractivity contribution >= 4 is 22.5 Å². The van der Waals surface area contributed by atoms with Gasteiger partial charge in [-0.2, -0.15) is 5.10 Å². The summed E-state index contributed by atoms with van der Waals surface area (Å²) in [5, 5.41) is 8.46. The fraction of sp³-hybridized carbons (Fsp3) is 0.174. The fourth-order valence-electron chi connectivity index (χ4n) is 3.38. The highest BCUT2D eigenvalue weighted by Crippen LogP contribution is 2.21. The summed E-state index contributed by atoms with van der Waals surface area (Å²) in [6.07, 6.45) is 2.87. The Morgan fingerprint density at radius 1 is 1.04 bits per heavy atom. The third-order valence-electron chi connectivity index (χ3n) is 4.75. The maximum Gasteiger partial charge on any atom is 0.224 e. The molecule has 2 aromatic heterocycles. The van der Waals surface area contributed by atoms with E-state index in [0.717, 1.165) is 39.2 Å². The van der Waals surface area contributed by atoms with Crippen molar-refractivity contribution in [2.75, 3.05) is 5.32 Å². The zero-order valence-corrected chi connectivity index (χ0v) is 16.0. The van der Waals surface area contributed by atoms with Gasteiger partial charge in [-0.1, -0.05) is 18.2 Å². The molecule has 0 atom stereocenters. The molecule has 1 amide bonds. The van der Waals surface area contributed by atoms with Crippen LogP contribution in [0.1, 0.15) is 23.4 Å². The first-order chi connectivity index (χ1) is 13.6. The quantitative estimate of drug-likeness (QED) is 0.558. The predicted molar refractivity (Wildman–Crippen MR) is 112 cm³/mol. The molecule has 0 saturated carbocycles. The van der Waals surface area contributed by atoms with Crippen molar-refractivity contribution in [3.05, 3.63) is 83.8 Å². The number of aromatic nitrogens is 3. The predicted octanol–water partition coefficient (Wildman–Crippen LogP) is 4.61. The van der Waals surface area contributed by atoms with E-state index in [2.05, 4.69) is 33.6 Å². The first kappa shape index (κ1) is 17.9. The Balaban J connectivity index is 1.40. The third-order valence-corrected chi connectivity index (χ3v) is 4.75. The van der Waals surface area contributed by atoms with Crippen LogP contribution in [0.3, 0.4) is 0 Å². The molecule has 0 aliphatic rings. The lowest BCUT2D eigenvalue weighted by atomic mass is 10.1. The van der Waals surface area contributed by atoms with Crippen molar-refractivity contribution in [2.45, 2.75) is 26.7 Å². The summed E-state index contributed by atoms with van der Waals surface area (Å²) in [7, 11) is 0. The molecule has 0 radical (unpaired) electrons. The topological polar surface area (TPSA) is 59.8 Å². The summed E-state index contributed by atoms with van der Waals surface area (Å²) in [4.78, 5) is 16.7. The monoisotopic (exact) mass is 370 g/mol. The smallest absolute Gasteiger partial charge is 0.224 e. The van der Waals surface area contributed by atoms with Gasteiger partial charge in [0.1, 0.15) is 0 Å². The van der Waals surface area contributed by atoms with Crippen LogP contribution in [0.25, 0.3) is 16.6 Å². The van der Waals surface area contributed by atoms with Gasteiger partial charge in [0.25, 0.3) is 0 Å². The van der Waals surface area contributed by atoms with Crippen molar-refractivity contribution < 1.29 is 4.79 Å². The maximum absolute atomic E-state index is 12.4. The van der Waals surface area contributed by atoms with Crippen molar-refractivity contribution in [3.8, 4) is 5.69 Å². The number of fused-ring (bicyclic) bond motifs is 1. The Labute approximate surface area is 164 Å². The highest BCUT2D eigenvalue weighted by atomic mass is 16.1. The Morgan fingerprint density at radius 2 is 1.86 bits per heavy atom. The van der Waals surface area contributed by atoms with Crippen LogP contribution in [-0.2, 0) is 11.2 Å². The third kappa shape index (κ3) is 3.78. The molecule has 0 bridgehead atoms. The standard InChI is InChI=1S/C23H22N4O/c1-16-15-17(2)27(26-16)19-11-8-18(9-12-19)10-13-23(28)25-22-7-3-6-21-20(22)5-4-14-24-21/h3-9,11-12,14-15H,10,13H2,1-2H3,(H,25,28). The Bertz CT molecular complexity index is 1120. The molecule has 1 N–H and O–H groups in total. The van der Waals surface area contributed by atoms with Crippen LogP contribution in [0.2, 0.25) is 0 Å². The molecular formula is C23H22N4O. The highest BCUT2D eigenvalue weighted by Gasteiger charge is 2.08. The van der Waals surface area contributed by atoms with Crippen molar-refractivity contribution in [1.82, 2.24) is 14.8 Å². The molecule has 2 aromatic carbocycles. The number of pyridine rings is 1. The van der Waals surface area contributed by atoms with E-state index in [-0.39, 0.29) is 5.91 Å².